The van der Waals surface area contributed by atoms with Crippen LogP contribution in [0.5, 0.6) is 0 Å². The Bertz CT molecular complexity index is 509. The largest absolute Gasteiger partial charge is 0.435 e. The van der Waals surface area contributed by atoms with Gasteiger partial charge in [-0.05, 0) is 24.8 Å². The van der Waals surface area contributed by atoms with Crippen LogP contribution in [0.3, 0.4) is 0 Å². The van der Waals surface area contributed by atoms with E-state index in [1.54, 1.807) is 0 Å². The molecule has 5 nitrogen and oxygen atoms in total. The molecular weight excluding hydrogens is 309 g/mol. The quantitative estimate of drug-likeness (QED) is 0.870. The van der Waals surface area contributed by atoms with Gasteiger partial charge in [0.15, 0.2) is 5.69 Å². The second kappa shape index (κ2) is 7.70. The van der Waals surface area contributed by atoms with Gasteiger partial charge in [0.2, 0.25) is 0 Å². The third-order valence-corrected chi connectivity index (χ3v) is 3.98. The van der Waals surface area contributed by atoms with E-state index in [-0.39, 0.29) is 18.0 Å². The SMILES string of the molecule is CC(CNC(=O)NC1CCCCC1)Cn1ccc(C(F)(F)F)n1. The molecule has 2 rings (SSSR count). The maximum atomic E-state index is 12.5. The molecule has 1 unspecified atom stereocenters. The smallest absolute Gasteiger partial charge is 0.338 e. The van der Waals surface area contributed by atoms with Crippen molar-refractivity contribution in [3.8, 4) is 0 Å². The minimum absolute atomic E-state index is 0.0203. The summed E-state index contributed by atoms with van der Waals surface area (Å²) in [6.45, 7) is 2.56. The number of hydrogen-bond donors (Lipinski definition) is 2. The highest BCUT2D eigenvalue weighted by atomic mass is 19.4. The molecule has 1 heterocycles. The van der Waals surface area contributed by atoms with Crippen molar-refractivity contribution in [2.75, 3.05) is 6.54 Å². The first kappa shape index (κ1) is 17.6. The summed E-state index contributed by atoms with van der Waals surface area (Å²) >= 11 is 0. The fourth-order valence-electron chi connectivity index (χ4n) is 2.75. The average molecular weight is 332 g/mol. The van der Waals surface area contributed by atoms with E-state index in [2.05, 4.69) is 15.7 Å². The number of alkyl halides is 3. The molecule has 8 heteroatoms. The molecule has 130 valence electrons. The lowest BCUT2D eigenvalue weighted by molar-refractivity contribution is -0.141. The summed E-state index contributed by atoms with van der Waals surface area (Å²) in [6, 6.07) is 0.982. The summed E-state index contributed by atoms with van der Waals surface area (Å²) in [7, 11) is 0. The van der Waals surface area contributed by atoms with Gasteiger partial charge >= 0.3 is 12.2 Å². The number of hydrogen-bond acceptors (Lipinski definition) is 2. The fourth-order valence-corrected chi connectivity index (χ4v) is 2.75. The molecule has 1 aromatic heterocycles. The van der Waals surface area contributed by atoms with Crippen LogP contribution in [0, 0.1) is 5.92 Å². The van der Waals surface area contributed by atoms with Crippen LogP contribution < -0.4 is 10.6 Å². The average Bonchev–Trinajstić information content (AvgIpc) is 2.95. The summed E-state index contributed by atoms with van der Waals surface area (Å²) in [5.74, 6) is -0.0203. The van der Waals surface area contributed by atoms with Crippen molar-refractivity contribution in [3.05, 3.63) is 18.0 Å². The van der Waals surface area contributed by atoms with Crippen LogP contribution in [0.1, 0.15) is 44.7 Å². The molecule has 0 spiro atoms. The Kier molecular flexibility index (Phi) is 5.90. The monoisotopic (exact) mass is 332 g/mol. The molecule has 0 aliphatic heterocycles. The van der Waals surface area contributed by atoms with E-state index in [4.69, 9.17) is 0 Å². The van der Waals surface area contributed by atoms with Crippen LogP contribution in [-0.4, -0.2) is 28.4 Å². The summed E-state index contributed by atoms with van der Waals surface area (Å²) < 4.78 is 38.7. The molecule has 1 saturated carbocycles. The molecule has 0 bridgehead atoms. The van der Waals surface area contributed by atoms with Crippen LogP contribution in [0.25, 0.3) is 0 Å². The Hall–Kier alpha value is -1.73. The number of halogens is 3. The molecule has 23 heavy (non-hydrogen) atoms. The third-order valence-electron chi connectivity index (χ3n) is 3.98. The van der Waals surface area contributed by atoms with Gasteiger partial charge in [-0.1, -0.05) is 26.2 Å². The minimum atomic E-state index is -4.42. The molecule has 2 amide bonds. The van der Waals surface area contributed by atoms with E-state index in [0.717, 1.165) is 31.7 Å². The molecule has 0 aromatic carbocycles. The number of rotatable bonds is 5. The molecular formula is C15H23F3N4O. The summed E-state index contributed by atoms with van der Waals surface area (Å²) in [5, 5.41) is 9.22. The van der Waals surface area contributed by atoms with Crippen molar-refractivity contribution in [1.29, 1.82) is 0 Å². The molecule has 2 N–H and O–H groups in total. The highest BCUT2D eigenvalue weighted by Crippen LogP contribution is 2.27. The number of nitrogens with one attached hydrogen (secondary N) is 2. The predicted octanol–water partition coefficient (Wildman–Crippen LogP) is 3.17. The zero-order valence-electron chi connectivity index (χ0n) is 13.2. The summed E-state index contributed by atoms with van der Waals surface area (Å²) in [5.41, 5.74) is -0.896. The number of urea groups is 1. The van der Waals surface area contributed by atoms with Crippen molar-refractivity contribution in [3.63, 3.8) is 0 Å². The van der Waals surface area contributed by atoms with E-state index in [1.807, 2.05) is 6.92 Å². The van der Waals surface area contributed by atoms with Gasteiger partial charge in [-0.15, -0.1) is 0 Å². The lowest BCUT2D eigenvalue weighted by Gasteiger charge is -2.23. The maximum Gasteiger partial charge on any atom is 0.435 e. The van der Waals surface area contributed by atoms with Crippen molar-refractivity contribution < 1.29 is 18.0 Å². The van der Waals surface area contributed by atoms with E-state index in [9.17, 15) is 18.0 Å². The summed E-state index contributed by atoms with van der Waals surface area (Å²) in [6.07, 6.45) is 2.41. The van der Waals surface area contributed by atoms with Gasteiger partial charge in [0, 0.05) is 25.3 Å². The standard InChI is InChI=1S/C15H23F3N4O/c1-11(10-22-8-7-13(21-22)15(16,17)18)9-19-14(23)20-12-5-3-2-4-6-12/h7-8,11-12H,2-6,9-10H2,1H3,(H2,19,20,23). The highest BCUT2D eigenvalue weighted by molar-refractivity contribution is 5.74. The van der Waals surface area contributed by atoms with Gasteiger partial charge in [0.05, 0.1) is 0 Å². The number of carbonyl (C=O) groups excluding carboxylic acids is 1. The maximum absolute atomic E-state index is 12.5. The molecule has 0 radical (unpaired) electrons. The Balaban J connectivity index is 1.71. The molecule has 1 aromatic rings. The predicted molar refractivity (Wildman–Crippen MR) is 79.8 cm³/mol. The zero-order valence-corrected chi connectivity index (χ0v) is 13.2. The van der Waals surface area contributed by atoms with Crippen LogP contribution in [0.4, 0.5) is 18.0 Å². The Labute approximate surface area is 133 Å². The lowest BCUT2D eigenvalue weighted by atomic mass is 9.96. The van der Waals surface area contributed by atoms with E-state index < -0.39 is 11.9 Å². The third kappa shape index (κ3) is 5.76. The van der Waals surface area contributed by atoms with Crippen molar-refractivity contribution in [1.82, 2.24) is 20.4 Å². The fraction of sp³-hybridized carbons (Fsp3) is 0.733. The molecule has 1 atom stereocenters. The first-order chi connectivity index (χ1) is 10.8. The highest BCUT2D eigenvalue weighted by Gasteiger charge is 2.33. The number of amides is 2. The molecule has 1 aliphatic rings. The number of aromatic nitrogens is 2. The van der Waals surface area contributed by atoms with Crippen LogP contribution in [-0.2, 0) is 12.7 Å². The van der Waals surface area contributed by atoms with E-state index >= 15 is 0 Å². The van der Waals surface area contributed by atoms with Gasteiger partial charge < -0.3 is 10.6 Å². The lowest BCUT2D eigenvalue weighted by Crippen LogP contribution is -2.44. The van der Waals surface area contributed by atoms with Crippen molar-refractivity contribution >= 4 is 6.03 Å². The Morgan fingerprint density at radius 1 is 1.39 bits per heavy atom. The van der Waals surface area contributed by atoms with Gasteiger partial charge in [-0.2, -0.15) is 18.3 Å². The van der Waals surface area contributed by atoms with Gasteiger partial charge in [0.25, 0.3) is 0 Å². The number of nitrogens with zero attached hydrogens (tertiary/aromatic N) is 2. The Morgan fingerprint density at radius 2 is 2.09 bits per heavy atom. The minimum Gasteiger partial charge on any atom is -0.338 e. The first-order valence-electron chi connectivity index (χ1n) is 7.99. The molecule has 1 fully saturated rings. The van der Waals surface area contributed by atoms with Crippen LogP contribution in [0.2, 0.25) is 0 Å². The normalized spacial score (nSPS) is 17.7. The van der Waals surface area contributed by atoms with E-state index in [0.29, 0.717) is 13.1 Å². The van der Waals surface area contributed by atoms with Crippen LogP contribution >= 0.6 is 0 Å². The van der Waals surface area contributed by atoms with Crippen molar-refractivity contribution in [2.45, 2.75) is 57.8 Å². The van der Waals surface area contributed by atoms with Crippen molar-refractivity contribution in [2.24, 2.45) is 5.92 Å². The second-order valence-electron chi connectivity index (χ2n) is 6.22. The van der Waals surface area contributed by atoms with Gasteiger partial charge in [-0.25, -0.2) is 4.79 Å². The topological polar surface area (TPSA) is 59.0 Å². The van der Waals surface area contributed by atoms with Gasteiger partial charge in [-0.3, -0.25) is 4.68 Å². The Morgan fingerprint density at radius 3 is 2.70 bits per heavy atom. The molecule has 1 aliphatic carbocycles. The van der Waals surface area contributed by atoms with Crippen LogP contribution in [0.15, 0.2) is 12.3 Å². The zero-order chi connectivity index (χ0) is 16.9. The molecule has 0 saturated heterocycles. The first-order valence-corrected chi connectivity index (χ1v) is 7.99. The van der Waals surface area contributed by atoms with Gasteiger partial charge in [0.1, 0.15) is 0 Å². The second-order valence-corrected chi connectivity index (χ2v) is 6.22. The van der Waals surface area contributed by atoms with E-state index in [1.165, 1.54) is 17.3 Å². The summed E-state index contributed by atoms with van der Waals surface area (Å²) in [4.78, 5) is 11.8. The number of carbonyl (C=O) groups is 1.